The predicted molar refractivity (Wildman–Crippen MR) is 62.7 cm³/mol. The van der Waals surface area contributed by atoms with Crippen LogP contribution >= 0.6 is 0 Å². The van der Waals surface area contributed by atoms with Crippen molar-refractivity contribution in [2.24, 2.45) is 0 Å². The van der Waals surface area contributed by atoms with Crippen LogP contribution in [0.5, 0.6) is 0 Å². The van der Waals surface area contributed by atoms with E-state index < -0.39 is 0 Å². The van der Waals surface area contributed by atoms with E-state index in [1.54, 1.807) is 6.08 Å². The molecule has 1 amide bonds. The van der Waals surface area contributed by atoms with Crippen LogP contribution in [0.3, 0.4) is 0 Å². The molecular formula is C13H17NO. The number of carbonyl (C=O) groups excluding carboxylic acids is 1. The van der Waals surface area contributed by atoms with Gasteiger partial charge in [0.2, 0.25) is 5.91 Å². The Morgan fingerprint density at radius 1 is 1.47 bits per heavy atom. The number of hydrogen-bond donors (Lipinski definition) is 1. The van der Waals surface area contributed by atoms with Gasteiger partial charge >= 0.3 is 0 Å². The van der Waals surface area contributed by atoms with E-state index in [2.05, 4.69) is 11.9 Å². The second kappa shape index (κ2) is 6.02. The lowest BCUT2D eigenvalue weighted by molar-refractivity contribution is -0.122. The molecule has 0 aromatic heterocycles. The minimum atomic E-state index is -0.0870. The standard InChI is InChI=1S/C13H17NO/c1-3-4-10-14-13(15)11(2)12-8-6-5-7-9-12/h3,5-9,11H,1,4,10H2,2H3,(H,14,15). The molecule has 0 saturated carbocycles. The largest absolute Gasteiger partial charge is 0.355 e. The van der Waals surface area contributed by atoms with Gasteiger partial charge in [-0.05, 0) is 18.9 Å². The van der Waals surface area contributed by atoms with Gasteiger partial charge < -0.3 is 5.32 Å². The van der Waals surface area contributed by atoms with Gasteiger partial charge in [0.1, 0.15) is 0 Å². The van der Waals surface area contributed by atoms with Crippen molar-refractivity contribution in [3.63, 3.8) is 0 Å². The molecule has 2 nitrogen and oxygen atoms in total. The van der Waals surface area contributed by atoms with Gasteiger partial charge in [0, 0.05) is 6.54 Å². The Morgan fingerprint density at radius 3 is 2.73 bits per heavy atom. The predicted octanol–water partition coefficient (Wildman–Crippen LogP) is 2.48. The zero-order chi connectivity index (χ0) is 11.1. The van der Waals surface area contributed by atoms with Crippen molar-refractivity contribution in [2.45, 2.75) is 19.3 Å². The quantitative estimate of drug-likeness (QED) is 0.578. The minimum Gasteiger partial charge on any atom is -0.355 e. The van der Waals surface area contributed by atoms with Crippen molar-refractivity contribution in [3.8, 4) is 0 Å². The van der Waals surface area contributed by atoms with Crippen molar-refractivity contribution in [1.82, 2.24) is 5.32 Å². The van der Waals surface area contributed by atoms with Gasteiger partial charge in [0.25, 0.3) is 0 Å². The smallest absolute Gasteiger partial charge is 0.227 e. The van der Waals surface area contributed by atoms with Crippen LogP contribution < -0.4 is 5.32 Å². The molecular weight excluding hydrogens is 186 g/mol. The van der Waals surface area contributed by atoms with Gasteiger partial charge in [-0.3, -0.25) is 4.79 Å². The van der Waals surface area contributed by atoms with E-state index >= 15 is 0 Å². The first kappa shape index (κ1) is 11.5. The van der Waals surface area contributed by atoms with Gasteiger partial charge in [-0.1, -0.05) is 36.4 Å². The maximum absolute atomic E-state index is 11.7. The van der Waals surface area contributed by atoms with Gasteiger partial charge in [-0.2, -0.15) is 0 Å². The minimum absolute atomic E-state index is 0.0723. The lowest BCUT2D eigenvalue weighted by Gasteiger charge is -2.11. The average Bonchev–Trinajstić information content (AvgIpc) is 2.29. The van der Waals surface area contributed by atoms with Crippen molar-refractivity contribution in [3.05, 3.63) is 48.6 Å². The molecule has 2 heteroatoms. The maximum atomic E-state index is 11.7. The molecule has 15 heavy (non-hydrogen) atoms. The molecule has 1 unspecified atom stereocenters. The summed E-state index contributed by atoms with van der Waals surface area (Å²) in [6.07, 6.45) is 2.61. The Morgan fingerprint density at radius 2 is 2.13 bits per heavy atom. The average molecular weight is 203 g/mol. The molecule has 0 bridgehead atoms. The molecule has 1 rings (SSSR count). The normalized spacial score (nSPS) is 11.8. The number of hydrogen-bond acceptors (Lipinski definition) is 1. The maximum Gasteiger partial charge on any atom is 0.227 e. The lowest BCUT2D eigenvalue weighted by Crippen LogP contribution is -2.28. The third kappa shape index (κ3) is 3.58. The topological polar surface area (TPSA) is 29.1 Å². The van der Waals surface area contributed by atoms with E-state index in [1.165, 1.54) is 0 Å². The van der Waals surface area contributed by atoms with Crippen LogP contribution in [0.15, 0.2) is 43.0 Å². The van der Waals surface area contributed by atoms with E-state index in [9.17, 15) is 4.79 Å². The molecule has 1 aromatic carbocycles. The molecule has 0 aliphatic heterocycles. The van der Waals surface area contributed by atoms with Crippen molar-refractivity contribution >= 4 is 5.91 Å². The summed E-state index contributed by atoms with van der Waals surface area (Å²) in [5.74, 6) is -0.0148. The summed E-state index contributed by atoms with van der Waals surface area (Å²) in [5.41, 5.74) is 1.05. The second-order valence-electron chi connectivity index (χ2n) is 3.50. The summed E-state index contributed by atoms with van der Waals surface area (Å²) < 4.78 is 0. The molecule has 0 saturated heterocycles. The Hall–Kier alpha value is -1.57. The molecule has 80 valence electrons. The van der Waals surface area contributed by atoms with Crippen LogP contribution in [0.1, 0.15) is 24.8 Å². The van der Waals surface area contributed by atoms with Gasteiger partial charge in [0.05, 0.1) is 5.92 Å². The molecule has 1 aromatic rings. The summed E-state index contributed by atoms with van der Waals surface area (Å²) in [6, 6.07) is 9.78. The molecule has 0 spiro atoms. The second-order valence-corrected chi connectivity index (χ2v) is 3.50. The van der Waals surface area contributed by atoms with Crippen LogP contribution in [0, 0.1) is 0 Å². The fourth-order valence-electron chi connectivity index (χ4n) is 1.34. The zero-order valence-electron chi connectivity index (χ0n) is 9.07. The van der Waals surface area contributed by atoms with E-state index in [-0.39, 0.29) is 11.8 Å². The molecule has 0 aliphatic carbocycles. The molecule has 0 fully saturated rings. The molecule has 0 radical (unpaired) electrons. The number of benzene rings is 1. The zero-order valence-corrected chi connectivity index (χ0v) is 9.07. The highest BCUT2D eigenvalue weighted by atomic mass is 16.1. The van der Waals surface area contributed by atoms with Crippen molar-refractivity contribution < 1.29 is 4.79 Å². The first-order valence-corrected chi connectivity index (χ1v) is 5.19. The van der Waals surface area contributed by atoms with Gasteiger partial charge in [-0.25, -0.2) is 0 Å². The monoisotopic (exact) mass is 203 g/mol. The summed E-state index contributed by atoms with van der Waals surface area (Å²) in [4.78, 5) is 11.7. The fourth-order valence-corrected chi connectivity index (χ4v) is 1.34. The number of carbonyl (C=O) groups is 1. The van der Waals surface area contributed by atoms with Crippen LogP contribution in [-0.4, -0.2) is 12.5 Å². The Labute approximate surface area is 91.0 Å². The van der Waals surface area contributed by atoms with Crippen molar-refractivity contribution in [2.75, 3.05) is 6.54 Å². The van der Waals surface area contributed by atoms with Gasteiger partial charge in [0.15, 0.2) is 0 Å². The molecule has 1 atom stereocenters. The van der Waals surface area contributed by atoms with Crippen LogP contribution in [0.4, 0.5) is 0 Å². The van der Waals surface area contributed by atoms with E-state index in [0.29, 0.717) is 6.54 Å². The number of amides is 1. The Bertz CT molecular complexity index is 319. The lowest BCUT2D eigenvalue weighted by atomic mass is 10.0. The first-order chi connectivity index (χ1) is 7.25. The fraction of sp³-hybridized carbons (Fsp3) is 0.308. The number of rotatable bonds is 5. The summed E-state index contributed by atoms with van der Waals surface area (Å²) in [6.45, 7) is 6.19. The van der Waals surface area contributed by atoms with E-state index in [1.807, 2.05) is 37.3 Å². The van der Waals surface area contributed by atoms with Crippen LogP contribution in [0.25, 0.3) is 0 Å². The third-order valence-electron chi connectivity index (χ3n) is 2.34. The van der Waals surface area contributed by atoms with Crippen LogP contribution in [0.2, 0.25) is 0 Å². The highest BCUT2D eigenvalue weighted by Crippen LogP contribution is 2.13. The van der Waals surface area contributed by atoms with Crippen LogP contribution in [-0.2, 0) is 4.79 Å². The summed E-state index contributed by atoms with van der Waals surface area (Å²) in [5, 5.41) is 2.87. The Balaban J connectivity index is 2.50. The first-order valence-electron chi connectivity index (χ1n) is 5.19. The summed E-state index contributed by atoms with van der Waals surface area (Å²) >= 11 is 0. The molecule has 0 heterocycles. The highest BCUT2D eigenvalue weighted by Gasteiger charge is 2.13. The van der Waals surface area contributed by atoms with E-state index in [4.69, 9.17) is 0 Å². The third-order valence-corrected chi connectivity index (χ3v) is 2.34. The van der Waals surface area contributed by atoms with Crippen molar-refractivity contribution in [1.29, 1.82) is 0 Å². The molecule has 1 N–H and O–H groups in total. The Kier molecular flexibility index (Phi) is 4.61. The van der Waals surface area contributed by atoms with E-state index in [0.717, 1.165) is 12.0 Å². The SMILES string of the molecule is C=CCCNC(=O)C(C)c1ccccc1. The highest BCUT2D eigenvalue weighted by molar-refractivity contribution is 5.83. The molecule has 0 aliphatic rings. The van der Waals surface area contributed by atoms with Gasteiger partial charge in [-0.15, -0.1) is 6.58 Å². The summed E-state index contributed by atoms with van der Waals surface area (Å²) in [7, 11) is 0. The number of nitrogens with one attached hydrogen (secondary N) is 1.